The lowest BCUT2D eigenvalue weighted by Crippen LogP contribution is -2.41. The average molecular weight is 560 g/mol. The molecule has 0 saturated heterocycles. The molecule has 1 saturated carbocycles. The van der Waals surface area contributed by atoms with Gasteiger partial charge in [-0.05, 0) is 37.1 Å². The van der Waals surface area contributed by atoms with Crippen LogP contribution in [0.5, 0.6) is 5.75 Å². The van der Waals surface area contributed by atoms with Gasteiger partial charge in [0.1, 0.15) is 12.4 Å². The molecule has 166 valence electrons. The summed E-state index contributed by atoms with van der Waals surface area (Å²) < 4.78 is 53.0. The Kier molecular flexibility index (Phi) is 9.95. The first kappa shape index (κ1) is 25.8. The summed E-state index contributed by atoms with van der Waals surface area (Å²) in [5, 5.41) is 3.22. The maximum atomic E-state index is 11.8. The van der Waals surface area contributed by atoms with E-state index in [0.29, 0.717) is 28.0 Å². The van der Waals surface area contributed by atoms with Crippen LogP contribution < -0.4 is 19.5 Å². The van der Waals surface area contributed by atoms with Gasteiger partial charge in [0.15, 0.2) is 5.96 Å². The summed E-state index contributed by atoms with van der Waals surface area (Å²) >= 11 is 0. The van der Waals surface area contributed by atoms with E-state index in [9.17, 15) is 16.8 Å². The maximum absolute atomic E-state index is 11.8. The Balaban J connectivity index is 0.00000420. The number of anilines is 1. The highest BCUT2D eigenvalue weighted by Crippen LogP contribution is 2.24. The van der Waals surface area contributed by atoms with Gasteiger partial charge >= 0.3 is 0 Å². The standard InChI is InChI=1S/C17H28N4O5S2.HI/c1-27(22,23)21(28(2,24)25)15-8-10-16(11-9-15)26-13-12-19-17(18)20-14-6-4-3-5-7-14;/h8-11,14H,3-7,12-13H2,1-2H3,(H3,18,19,20);1H. The molecule has 0 aromatic heterocycles. The number of benzene rings is 1. The number of hydrogen-bond donors (Lipinski definition) is 2. The van der Waals surface area contributed by atoms with Gasteiger partial charge in [-0.2, -0.15) is 3.71 Å². The van der Waals surface area contributed by atoms with Gasteiger partial charge in [-0.1, -0.05) is 19.3 Å². The Hall–Kier alpha value is -1.28. The van der Waals surface area contributed by atoms with Crippen molar-refractivity contribution in [1.82, 2.24) is 5.32 Å². The second-order valence-corrected chi connectivity index (χ2v) is 10.7. The summed E-state index contributed by atoms with van der Waals surface area (Å²) in [6.45, 7) is 0.653. The Morgan fingerprint density at radius 1 is 1.10 bits per heavy atom. The van der Waals surface area contributed by atoms with Gasteiger partial charge in [-0.3, -0.25) is 0 Å². The fourth-order valence-corrected chi connectivity index (χ4v) is 6.10. The average Bonchev–Trinajstić information content (AvgIpc) is 2.58. The minimum Gasteiger partial charge on any atom is -0.492 e. The minimum absolute atomic E-state index is 0. The van der Waals surface area contributed by atoms with Crippen molar-refractivity contribution in [2.24, 2.45) is 10.7 Å². The van der Waals surface area contributed by atoms with Gasteiger partial charge in [0.25, 0.3) is 0 Å². The predicted octanol–water partition coefficient (Wildman–Crippen LogP) is 1.65. The van der Waals surface area contributed by atoms with Crippen LogP contribution in [0.1, 0.15) is 32.1 Å². The van der Waals surface area contributed by atoms with Gasteiger partial charge in [0, 0.05) is 6.04 Å². The molecule has 0 unspecified atom stereocenters. The molecular weight excluding hydrogens is 531 g/mol. The molecule has 12 heteroatoms. The van der Waals surface area contributed by atoms with Crippen molar-refractivity contribution in [3.63, 3.8) is 0 Å². The van der Waals surface area contributed by atoms with E-state index in [1.807, 2.05) is 0 Å². The number of aliphatic imine (C=N–C) groups is 1. The zero-order chi connectivity index (χ0) is 20.8. The third-order valence-corrected chi connectivity index (χ3v) is 7.50. The van der Waals surface area contributed by atoms with Crippen molar-refractivity contribution in [3.8, 4) is 5.75 Å². The zero-order valence-corrected chi connectivity index (χ0v) is 20.5. The van der Waals surface area contributed by atoms with E-state index in [-0.39, 0.29) is 36.3 Å². The van der Waals surface area contributed by atoms with Crippen molar-refractivity contribution < 1.29 is 21.6 Å². The van der Waals surface area contributed by atoms with Gasteiger partial charge < -0.3 is 15.8 Å². The van der Waals surface area contributed by atoms with Gasteiger partial charge in [0.2, 0.25) is 20.0 Å². The highest BCUT2D eigenvalue weighted by Gasteiger charge is 2.27. The summed E-state index contributed by atoms with van der Waals surface area (Å²) in [7, 11) is -7.93. The van der Waals surface area contributed by atoms with Crippen LogP contribution >= 0.6 is 24.0 Å². The Morgan fingerprint density at radius 3 is 2.17 bits per heavy atom. The summed E-state index contributed by atoms with van der Waals surface area (Å²) in [6.07, 6.45) is 7.58. The topological polar surface area (TPSA) is 131 Å². The number of hydrogen-bond acceptors (Lipinski definition) is 6. The Bertz CT molecular complexity index is 851. The van der Waals surface area contributed by atoms with Crippen LogP contribution in [0.4, 0.5) is 5.69 Å². The first-order valence-electron chi connectivity index (χ1n) is 9.07. The summed E-state index contributed by atoms with van der Waals surface area (Å²) in [5.74, 6) is 0.877. The van der Waals surface area contributed by atoms with Crippen LogP contribution in [-0.2, 0) is 20.0 Å². The Morgan fingerprint density at radius 2 is 1.66 bits per heavy atom. The molecule has 1 fully saturated rings. The first-order chi connectivity index (χ1) is 13.1. The monoisotopic (exact) mass is 560 g/mol. The van der Waals surface area contributed by atoms with Crippen molar-refractivity contribution in [3.05, 3.63) is 24.3 Å². The van der Waals surface area contributed by atoms with Crippen molar-refractivity contribution in [2.75, 3.05) is 29.4 Å². The van der Waals surface area contributed by atoms with E-state index < -0.39 is 20.0 Å². The molecule has 1 aliphatic carbocycles. The van der Waals surface area contributed by atoms with E-state index in [1.54, 1.807) is 0 Å². The molecule has 0 radical (unpaired) electrons. The van der Waals surface area contributed by atoms with E-state index in [2.05, 4.69) is 10.3 Å². The number of ether oxygens (including phenoxy) is 1. The van der Waals surface area contributed by atoms with E-state index in [4.69, 9.17) is 10.5 Å². The number of guanidine groups is 1. The van der Waals surface area contributed by atoms with Crippen molar-refractivity contribution >= 4 is 55.7 Å². The van der Waals surface area contributed by atoms with Crippen LogP contribution in [0.3, 0.4) is 0 Å². The molecule has 9 nitrogen and oxygen atoms in total. The fourth-order valence-electron chi connectivity index (χ4n) is 3.12. The van der Waals surface area contributed by atoms with Crippen LogP contribution in [0.15, 0.2) is 29.3 Å². The van der Waals surface area contributed by atoms with E-state index in [1.165, 1.54) is 43.5 Å². The highest BCUT2D eigenvalue weighted by atomic mass is 127. The molecule has 1 aromatic rings. The predicted molar refractivity (Wildman–Crippen MR) is 126 cm³/mol. The molecule has 29 heavy (non-hydrogen) atoms. The number of nitrogens with one attached hydrogen (secondary N) is 1. The Labute approximate surface area is 190 Å². The lowest BCUT2D eigenvalue weighted by Gasteiger charge is -2.23. The molecule has 0 bridgehead atoms. The summed E-state index contributed by atoms with van der Waals surface area (Å²) in [6, 6.07) is 6.15. The zero-order valence-electron chi connectivity index (χ0n) is 16.6. The van der Waals surface area contributed by atoms with Crippen LogP contribution in [0.25, 0.3) is 0 Å². The fraction of sp³-hybridized carbons (Fsp3) is 0.588. The van der Waals surface area contributed by atoms with Crippen molar-refractivity contribution in [2.45, 2.75) is 38.1 Å². The van der Waals surface area contributed by atoms with Gasteiger partial charge in [-0.15, -0.1) is 24.0 Å². The van der Waals surface area contributed by atoms with Crippen LogP contribution in [-0.4, -0.2) is 54.5 Å². The van der Waals surface area contributed by atoms with Crippen molar-refractivity contribution in [1.29, 1.82) is 0 Å². The van der Waals surface area contributed by atoms with Crippen LogP contribution in [0, 0.1) is 0 Å². The molecule has 1 aliphatic rings. The quantitative estimate of drug-likeness (QED) is 0.214. The third-order valence-electron chi connectivity index (χ3n) is 4.25. The molecule has 3 N–H and O–H groups in total. The second kappa shape index (κ2) is 11.2. The second-order valence-electron chi connectivity index (χ2n) is 6.81. The molecular formula is C17H29IN4O5S2. The number of rotatable bonds is 8. The maximum Gasteiger partial charge on any atom is 0.245 e. The summed E-state index contributed by atoms with van der Waals surface area (Å²) in [4.78, 5) is 4.24. The molecule has 0 atom stereocenters. The molecule has 0 spiro atoms. The molecule has 2 rings (SSSR count). The summed E-state index contributed by atoms with van der Waals surface area (Å²) in [5.41, 5.74) is 5.91. The van der Waals surface area contributed by atoms with E-state index >= 15 is 0 Å². The molecule has 0 amide bonds. The van der Waals surface area contributed by atoms with Crippen LogP contribution in [0.2, 0.25) is 0 Å². The first-order valence-corrected chi connectivity index (χ1v) is 12.8. The smallest absolute Gasteiger partial charge is 0.245 e. The largest absolute Gasteiger partial charge is 0.492 e. The number of nitrogens with two attached hydrogens (primary N) is 1. The molecule has 0 aliphatic heterocycles. The lowest BCUT2D eigenvalue weighted by molar-refractivity contribution is 0.328. The number of sulfonamides is 2. The lowest BCUT2D eigenvalue weighted by atomic mass is 9.96. The van der Waals surface area contributed by atoms with Gasteiger partial charge in [-0.25, -0.2) is 21.8 Å². The van der Waals surface area contributed by atoms with E-state index in [0.717, 1.165) is 25.4 Å². The van der Waals surface area contributed by atoms with Gasteiger partial charge in [0.05, 0.1) is 24.7 Å². The number of nitrogens with zero attached hydrogens (tertiary/aromatic N) is 2. The number of halogens is 1. The molecule has 0 heterocycles. The SMILES string of the molecule is CS(=O)(=O)N(c1ccc(OCCN=C(N)NC2CCCCC2)cc1)S(C)(=O)=O.I. The normalized spacial score (nSPS) is 16.0. The minimum atomic E-state index is -3.97. The highest BCUT2D eigenvalue weighted by molar-refractivity contribution is 14.0. The molecule has 1 aromatic carbocycles. The third kappa shape index (κ3) is 8.54.